The number of anilines is 1. The number of hydrogen-bond acceptors (Lipinski definition) is 3. The molecule has 0 unspecified atom stereocenters. The Morgan fingerprint density at radius 2 is 1.91 bits per heavy atom. The Bertz CT molecular complexity index is 723. The highest BCUT2D eigenvalue weighted by Crippen LogP contribution is 2.09. The monoisotopic (exact) mass is 313 g/mol. The lowest BCUT2D eigenvalue weighted by atomic mass is 10.2. The summed E-state index contributed by atoms with van der Waals surface area (Å²) in [4.78, 5) is 23.2. The molecule has 2 aromatic rings. The van der Waals surface area contributed by atoms with Gasteiger partial charge in [-0.1, -0.05) is 24.3 Å². The van der Waals surface area contributed by atoms with Gasteiger partial charge in [0.05, 0.1) is 0 Å². The van der Waals surface area contributed by atoms with Crippen molar-refractivity contribution < 1.29 is 18.7 Å². The lowest BCUT2D eigenvalue weighted by molar-refractivity contribution is -0.142. The van der Waals surface area contributed by atoms with Crippen molar-refractivity contribution in [1.82, 2.24) is 0 Å². The summed E-state index contributed by atoms with van der Waals surface area (Å²) in [5, 5.41) is 2.64. The number of carbonyl (C=O) groups excluding carboxylic acids is 2. The van der Waals surface area contributed by atoms with Crippen LogP contribution in [0.4, 0.5) is 10.1 Å². The highest BCUT2D eigenvalue weighted by Gasteiger charge is 2.05. The van der Waals surface area contributed by atoms with E-state index in [0.29, 0.717) is 11.3 Å². The van der Waals surface area contributed by atoms with E-state index >= 15 is 0 Å². The quantitative estimate of drug-likeness (QED) is 0.680. The zero-order valence-corrected chi connectivity index (χ0v) is 12.6. The zero-order valence-electron chi connectivity index (χ0n) is 12.6. The van der Waals surface area contributed by atoms with Crippen LogP contribution in [0, 0.1) is 12.7 Å². The van der Waals surface area contributed by atoms with E-state index in [9.17, 15) is 14.0 Å². The number of hydrogen-bond donors (Lipinski definition) is 1. The molecular weight excluding hydrogens is 297 g/mol. The van der Waals surface area contributed by atoms with Gasteiger partial charge < -0.3 is 10.1 Å². The number of ether oxygens (including phenoxy) is 1. The molecule has 0 bridgehead atoms. The van der Waals surface area contributed by atoms with E-state index in [0.717, 1.165) is 5.56 Å². The molecule has 5 heteroatoms. The van der Waals surface area contributed by atoms with Crippen molar-refractivity contribution >= 4 is 23.6 Å². The van der Waals surface area contributed by atoms with Gasteiger partial charge in [0.1, 0.15) is 5.82 Å². The fraction of sp³-hybridized carbons (Fsp3) is 0.111. The number of esters is 1. The molecule has 0 radical (unpaired) electrons. The van der Waals surface area contributed by atoms with Crippen molar-refractivity contribution in [2.24, 2.45) is 0 Å². The van der Waals surface area contributed by atoms with Crippen LogP contribution in [0.3, 0.4) is 0 Å². The summed E-state index contributed by atoms with van der Waals surface area (Å²) in [6, 6.07) is 12.9. The summed E-state index contributed by atoms with van der Waals surface area (Å²) >= 11 is 0. The van der Waals surface area contributed by atoms with Gasteiger partial charge in [0.25, 0.3) is 5.91 Å². The fourth-order valence-electron chi connectivity index (χ4n) is 1.84. The van der Waals surface area contributed by atoms with Crippen LogP contribution < -0.4 is 5.32 Å². The Morgan fingerprint density at radius 1 is 1.17 bits per heavy atom. The van der Waals surface area contributed by atoms with Gasteiger partial charge in [-0.3, -0.25) is 4.79 Å². The third kappa shape index (κ3) is 5.74. The Balaban J connectivity index is 1.79. The van der Waals surface area contributed by atoms with Crippen molar-refractivity contribution in [2.45, 2.75) is 6.92 Å². The van der Waals surface area contributed by atoms with Crippen LogP contribution in [0.1, 0.15) is 11.1 Å². The van der Waals surface area contributed by atoms with Crippen LogP contribution >= 0.6 is 0 Å². The molecular formula is C18H16FNO3. The van der Waals surface area contributed by atoms with Gasteiger partial charge in [0.15, 0.2) is 6.61 Å². The Morgan fingerprint density at radius 3 is 2.61 bits per heavy atom. The van der Waals surface area contributed by atoms with Crippen molar-refractivity contribution in [3.05, 3.63) is 71.6 Å². The van der Waals surface area contributed by atoms with Crippen LogP contribution in [0.15, 0.2) is 54.6 Å². The number of carbonyl (C=O) groups is 2. The number of halogens is 1. The molecule has 4 nitrogen and oxygen atoms in total. The molecule has 0 spiro atoms. The van der Waals surface area contributed by atoms with E-state index in [4.69, 9.17) is 4.74 Å². The molecule has 1 amide bonds. The summed E-state index contributed by atoms with van der Waals surface area (Å²) in [7, 11) is 0. The zero-order chi connectivity index (χ0) is 16.7. The van der Waals surface area contributed by atoms with Crippen molar-refractivity contribution in [2.75, 3.05) is 11.9 Å². The maximum atomic E-state index is 12.7. The second-order valence-corrected chi connectivity index (χ2v) is 4.91. The Kier molecular flexibility index (Phi) is 5.63. The third-order valence-corrected chi connectivity index (χ3v) is 2.93. The average Bonchev–Trinajstić information content (AvgIpc) is 2.52. The minimum atomic E-state index is -0.645. The Hall–Kier alpha value is -2.95. The van der Waals surface area contributed by atoms with Crippen molar-refractivity contribution in [3.63, 3.8) is 0 Å². The largest absolute Gasteiger partial charge is 0.452 e. The normalized spacial score (nSPS) is 10.5. The van der Waals surface area contributed by atoms with Gasteiger partial charge in [-0.2, -0.15) is 0 Å². The van der Waals surface area contributed by atoms with Crippen molar-refractivity contribution in [1.29, 1.82) is 0 Å². The molecule has 0 saturated heterocycles. The molecule has 2 rings (SSSR count). The van der Waals surface area contributed by atoms with Crippen molar-refractivity contribution in [3.8, 4) is 0 Å². The third-order valence-electron chi connectivity index (χ3n) is 2.93. The van der Waals surface area contributed by atoms with Gasteiger partial charge in [-0.05, 0) is 48.4 Å². The van der Waals surface area contributed by atoms with Crippen LogP contribution in [0.2, 0.25) is 0 Å². The summed E-state index contributed by atoms with van der Waals surface area (Å²) in [5.41, 5.74) is 2.32. The second-order valence-electron chi connectivity index (χ2n) is 4.91. The summed E-state index contributed by atoms with van der Waals surface area (Å²) < 4.78 is 17.6. The first-order valence-corrected chi connectivity index (χ1v) is 7.00. The van der Waals surface area contributed by atoms with E-state index in [1.165, 1.54) is 36.4 Å². The maximum Gasteiger partial charge on any atom is 0.331 e. The van der Waals surface area contributed by atoms with Gasteiger partial charge in [-0.15, -0.1) is 0 Å². The molecule has 0 aliphatic carbocycles. The van der Waals surface area contributed by atoms with Crippen LogP contribution in [-0.4, -0.2) is 18.5 Å². The first kappa shape index (κ1) is 16.4. The maximum absolute atomic E-state index is 12.7. The predicted molar refractivity (Wildman–Crippen MR) is 86.2 cm³/mol. The minimum Gasteiger partial charge on any atom is -0.452 e. The lowest BCUT2D eigenvalue weighted by Crippen LogP contribution is -2.20. The van der Waals surface area contributed by atoms with Gasteiger partial charge in [0.2, 0.25) is 0 Å². The minimum absolute atomic E-state index is 0.349. The first-order chi connectivity index (χ1) is 11.0. The Labute approximate surface area is 133 Å². The van der Waals surface area contributed by atoms with E-state index in [1.54, 1.807) is 6.07 Å². The topological polar surface area (TPSA) is 55.4 Å². The molecule has 23 heavy (non-hydrogen) atoms. The second kappa shape index (κ2) is 7.89. The van der Waals surface area contributed by atoms with Gasteiger partial charge in [-0.25, -0.2) is 9.18 Å². The van der Waals surface area contributed by atoms with E-state index in [-0.39, 0.29) is 12.4 Å². The fourth-order valence-corrected chi connectivity index (χ4v) is 1.84. The summed E-state index contributed by atoms with van der Waals surface area (Å²) in [6.07, 6.45) is 2.67. The molecule has 0 atom stereocenters. The van der Waals surface area contributed by atoms with E-state index in [2.05, 4.69) is 5.32 Å². The van der Waals surface area contributed by atoms with E-state index < -0.39 is 11.9 Å². The van der Waals surface area contributed by atoms with Crippen LogP contribution in [0.5, 0.6) is 0 Å². The smallest absolute Gasteiger partial charge is 0.331 e. The molecule has 0 saturated carbocycles. The van der Waals surface area contributed by atoms with Gasteiger partial charge >= 0.3 is 5.97 Å². The number of aryl methyl sites for hydroxylation is 1. The highest BCUT2D eigenvalue weighted by atomic mass is 19.1. The predicted octanol–water partition coefficient (Wildman–Crippen LogP) is 3.33. The van der Waals surface area contributed by atoms with Crippen LogP contribution in [-0.2, 0) is 14.3 Å². The number of rotatable bonds is 5. The molecule has 2 aromatic carbocycles. The molecule has 0 heterocycles. The average molecular weight is 313 g/mol. The van der Waals surface area contributed by atoms with E-state index in [1.807, 2.05) is 25.1 Å². The molecule has 0 aliphatic rings. The van der Waals surface area contributed by atoms with Crippen LogP contribution in [0.25, 0.3) is 6.08 Å². The standard InChI is InChI=1S/C18H16FNO3/c1-13-3-2-4-16(11-13)20-17(21)12-23-18(22)10-7-14-5-8-15(19)9-6-14/h2-11H,12H2,1H3,(H,20,21). The highest BCUT2D eigenvalue weighted by molar-refractivity contribution is 5.94. The number of nitrogens with one attached hydrogen (secondary N) is 1. The molecule has 0 fully saturated rings. The molecule has 118 valence electrons. The molecule has 1 N–H and O–H groups in total. The number of benzene rings is 2. The lowest BCUT2D eigenvalue weighted by Gasteiger charge is -2.06. The van der Waals surface area contributed by atoms with Gasteiger partial charge in [0, 0.05) is 11.8 Å². The first-order valence-electron chi connectivity index (χ1n) is 7.00. The molecule has 0 aliphatic heterocycles. The molecule has 0 aromatic heterocycles. The number of amides is 1. The summed E-state index contributed by atoms with van der Waals surface area (Å²) in [6.45, 7) is 1.54. The summed E-state index contributed by atoms with van der Waals surface area (Å²) in [5.74, 6) is -1.41. The SMILES string of the molecule is Cc1cccc(NC(=O)COC(=O)C=Cc2ccc(F)cc2)c1.